The van der Waals surface area contributed by atoms with Crippen LogP contribution in [0, 0.1) is 10.1 Å². The van der Waals surface area contributed by atoms with Gasteiger partial charge in [0.2, 0.25) is 6.20 Å². The highest BCUT2D eigenvalue weighted by molar-refractivity contribution is 5.53. The number of nitro groups is 1. The molecule has 1 heterocycles. The second-order valence-electron chi connectivity index (χ2n) is 3.12. The fraction of sp³-hybridized carbons (Fsp3) is 0.100. The highest BCUT2D eigenvalue weighted by Crippen LogP contribution is 2.19. The van der Waals surface area contributed by atoms with Crippen LogP contribution in [-0.2, 0) is 7.05 Å². The van der Waals surface area contributed by atoms with Crippen LogP contribution in [0.2, 0.25) is 0 Å². The van der Waals surface area contributed by atoms with Gasteiger partial charge in [0.15, 0.2) is 6.26 Å². The quantitative estimate of drug-likeness (QED) is 0.425. The fourth-order valence-electron chi connectivity index (χ4n) is 1.33. The number of aryl methyl sites for hydroxylation is 1. The lowest BCUT2D eigenvalue weighted by molar-refractivity contribution is -0.662. The molecular formula is C10H9N2O3+. The molecule has 0 saturated heterocycles. The lowest BCUT2D eigenvalue weighted by atomic mass is 10.2. The molecule has 0 fully saturated rings. The van der Waals surface area contributed by atoms with E-state index in [1.54, 1.807) is 29.2 Å². The smallest absolute Gasteiger partial charge is 0.380 e. The molecule has 1 aromatic carbocycles. The van der Waals surface area contributed by atoms with Crippen LogP contribution in [-0.4, -0.2) is 4.92 Å². The van der Waals surface area contributed by atoms with E-state index in [-0.39, 0.29) is 5.69 Å². The number of rotatable bonds is 2. The van der Waals surface area contributed by atoms with Crippen LogP contribution in [0.15, 0.2) is 41.1 Å². The fourth-order valence-corrected chi connectivity index (χ4v) is 1.33. The van der Waals surface area contributed by atoms with Crippen molar-refractivity contribution in [1.82, 2.24) is 0 Å². The summed E-state index contributed by atoms with van der Waals surface area (Å²) < 4.78 is 7.05. The molecule has 15 heavy (non-hydrogen) atoms. The Balaban J connectivity index is 2.40. The first-order chi connectivity index (χ1) is 7.18. The van der Waals surface area contributed by atoms with Gasteiger partial charge in [-0.05, 0) is 12.1 Å². The minimum Gasteiger partial charge on any atom is -0.406 e. The molecule has 0 saturated carbocycles. The number of hydrogen-bond acceptors (Lipinski definition) is 3. The third-order valence-corrected chi connectivity index (χ3v) is 2.11. The Bertz CT molecular complexity index is 488. The highest BCUT2D eigenvalue weighted by Gasteiger charge is 2.14. The number of benzene rings is 1. The zero-order chi connectivity index (χ0) is 10.8. The van der Waals surface area contributed by atoms with E-state index in [1.807, 2.05) is 7.05 Å². The van der Waals surface area contributed by atoms with E-state index < -0.39 is 4.92 Å². The van der Waals surface area contributed by atoms with Gasteiger partial charge in [-0.3, -0.25) is 10.1 Å². The molecule has 0 atom stereocenters. The molecule has 0 spiro atoms. The van der Waals surface area contributed by atoms with Crippen molar-refractivity contribution in [2.45, 2.75) is 0 Å². The van der Waals surface area contributed by atoms with Crippen molar-refractivity contribution in [3.05, 3.63) is 46.8 Å². The van der Waals surface area contributed by atoms with Crippen LogP contribution < -0.4 is 4.57 Å². The summed E-state index contributed by atoms with van der Waals surface area (Å²) in [7, 11) is 1.85. The van der Waals surface area contributed by atoms with E-state index in [1.165, 1.54) is 12.1 Å². The van der Waals surface area contributed by atoms with Gasteiger partial charge in [0.1, 0.15) is 7.05 Å². The second kappa shape index (κ2) is 3.53. The van der Waals surface area contributed by atoms with Crippen LogP contribution >= 0.6 is 0 Å². The summed E-state index contributed by atoms with van der Waals surface area (Å²) in [6.07, 6.45) is 3.34. The van der Waals surface area contributed by atoms with Gasteiger partial charge in [-0.15, -0.1) is 0 Å². The predicted molar refractivity (Wildman–Crippen MR) is 52.0 cm³/mol. The van der Waals surface area contributed by atoms with Crippen molar-refractivity contribution in [2.24, 2.45) is 7.05 Å². The van der Waals surface area contributed by atoms with Gasteiger partial charge >= 0.3 is 5.89 Å². The predicted octanol–water partition coefficient (Wildman–Crippen LogP) is 1.68. The SMILES string of the molecule is C[n+]1ccoc1-c1ccc([N+](=O)[O-])cc1. The molecule has 0 amide bonds. The Hall–Kier alpha value is -2.17. The van der Waals surface area contributed by atoms with Crippen molar-refractivity contribution >= 4 is 5.69 Å². The molecule has 0 N–H and O–H groups in total. The average Bonchev–Trinajstić information content (AvgIpc) is 2.65. The topological polar surface area (TPSA) is 60.2 Å². The minimum absolute atomic E-state index is 0.0768. The summed E-state index contributed by atoms with van der Waals surface area (Å²) in [5, 5.41) is 10.4. The van der Waals surface area contributed by atoms with Gasteiger partial charge in [0.05, 0.1) is 10.5 Å². The highest BCUT2D eigenvalue weighted by atomic mass is 16.6. The molecule has 0 bridgehead atoms. The third-order valence-electron chi connectivity index (χ3n) is 2.11. The zero-order valence-corrected chi connectivity index (χ0v) is 8.08. The van der Waals surface area contributed by atoms with Gasteiger partial charge < -0.3 is 4.42 Å². The molecule has 5 heteroatoms. The van der Waals surface area contributed by atoms with Gasteiger partial charge in [-0.1, -0.05) is 0 Å². The molecule has 0 radical (unpaired) electrons. The number of oxazole rings is 1. The second-order valence-corrected chi connectivity index (χ2v) is 3.12. The summed E-state index contributed by atoms with van der Waals surface area (Å²) >= 11 is 0. The van der Waals surface area contributed by atoms with Gasteiger partial charge in [-0.25, -0.2) is 0 Å². The number of nitro benzene ring substituents is 1. The Morgan fingerprint density at radius 3 is 2.47 bits per heavy atom. The number of non-ortho nitro benzene ring substituents is 1. The van der Waals surface area contributed by atoms with Crippen molar-refractivity contribution in [3.63, 3.8) is 0 Å². The normalized spacial score (nSPS) is 10.2. The maximum absolute atomic E-state index is 10.4. The lowest BCUT2D eigenvalue weighted by Crippen LogP contribution is -2.26. The Morgan fingerprint density at radius 2 is 2.00 bits per heavy atom. The van der Waals surface area contributed by atoms with Crippen molar-refractivity contribution in [1.29, 1.82) is 0 Å². The lowest BCUT2D eigenvalue weighted by Gasteiger charge is -1.93. The number of hydrogen-bond donors (Lipinski definition) is 0. The van der Waals surface area contributed by atoms with Crippen LogP contribution in [0.5, 0.6) is 0 Å². The van der Waals surface area contributed by atoms with Crippen LogP contribution in [0.3, 0.4) is 0 Å². The first-order valence-corrected chi connectivity index (χ1v) is 4.36. The van der Waals surface area contributed by atoms with E-state index in [0.29, 0.717) is 5.89 Å². The van der Waals surface area contributed by atoms with E-state index in [9.17, 15) is 10.1 Å². The largest absolute Gasteiger partial charge is 0.406 e. The first-order valence-electron chi connectivity index (χ1n) is 4.36. The maximum Gasteiger partial charge on any atom is 0.380 e. The molecule has 0 aliphatic rings. The Labute approximate surface area is 85.7 Å². The number of nitrogens with zero attached hydrogens (tertiary/aromatic N) is 2. The maximum atomic E-state index is 10.4. The molecule has 2 aromatic rings. The molecule has 0 aliphatic carbocycles. The number of aromatic nitrogens is 1. The van der Waals surface area contributed by atoms with Crippen molar-refractivity contribution in [2.75, 3.05) is 0 Å². The van der Waals surface area contributed by atoms with E-state index >= 15 is 0 Å². The van der Waals surface area contributed by atoms with Gasteiger partial charge in [0, 0.05) is 12.1 Å². The first kappa shape index (κ1) is 9.39. The molecule has 0 aliphatic heterocycles. The monoisotopic (exact) mass is 205 g/mol. The summed E-state index contributed by atoms with van der Waals surface area (Å²) in [4.78, 5) is 10.0. The standard InChI is InChI=1S/C10H9N2O3/c1-11-6-7-15-10(11)8-2-4-9(5-3-8)12(13)14/h2-7H,1H3/q+1. The summed E-state index contributed by atoms with van der Waals surface area (Å²) in [6, 6.07) is 6.24. The van der Waals surface area contributed by atoms with Crippen LogP contribution in [0.1, 0.15) is 0 Å². The van der Waals surface area contributed by atoms with Crippen LogP contribution in [0.4, 0.5) is 5.69 Å². The molecule has 5 nitrogen and oxygen atoms in total. The molecule has 2 rings (SSSR count). The summed E-state index contributed by atoms with van der Waals surface area (Å²) in [5.41, 5.74) is 0.890. The minimum atomic E-state index is -0.425. The van der Waals surface area contributed by atoms with E-state index in [2.05, 4.69) is 0 Å². The third kappa shape index (κ3) is 1.71. The van der Waals surface area contributed by atoms with Crippen molar-refractivity contribution in [3.8, 4) is 11.5 Å². The molecule has 1 aromatic heterocycles. The Kier molecular flexibility index (Phi) is 2.21. The zero-order valence-electron chi connectivity index (χ0n) is 8.08. The molecule has 0 unspecified atom stereocenters. The summed E-state index contributed by atoms with van der Waals surface area (Å²) in [5.74, 6) is 0.671. The summed E-state index contributed by atoms with van der Waals surface area (Å²) in [6.45, 7) is 0. The van der Waals surface area contributed by atoms with E-state index in [0.717, 1.165) is 5.56 Å². The molecule has 76 valence electrons. The Morgan fingerprint density at radius 1 is 1.33 bits per heavy atom. The van der Waals surface area contributed by atoms with Gasteiger partial charge in [-0.2, -0.15) is 4.57 Å². The average molecular weight is 205 g/mol. The van der Waals surface area contributed by atoms with Crippen LogP contribution in [0.25, 0.3) is 11.5 Å². The van der Waals surface area contributed by atoms with E-state index in [4.69, 9.17) is 4.42 Å². The van der Waals surface area contributed by atoms with Crippen molar-refractivity contribution < 1.29 is 13.9 Å². The van der Waals surface area contributed by atoms with Gasteiger partial charge in [0.25, 0.3) is 5.69 Å². The molecular weight excluding hydrogens is 196 g/mol.